The number of nitrogens with zero attached hydrogens (tertiary/aromatic N) is 4. The molecule has 2 atom stereocenters. The fourth-order valence-electron chi connectivity index (χ4n) is 3.26. The van der Waals surface area contributed by atoms with Gasteiger partial charge in [0.15, 0.2) is 10.7 Å². The van der Waals surface area contributed by atoms with Crippen LogP contribution < -0.4 is 10.5 Å². The molecule has 3 N–H and O–H groups in total. The number of likely N-dealkylation sites (N-methyl/N-ethyl adjacent to an activating group) is 2. The molecule has 1 fully saturated rings. The maximum absolute atomic E-state index is 13.0. The Hall–Kier alpha value is -3.14. The highest BCUT2D eigenvalue weighted by Gasteiger charge is 2.38. The summed E-state index contributed by atoms with van der Waals surface area (Å²) in [6, 6.07) is 16.1. The van der Waals surface area contributed by atoms with E-state index in [0.717, 1.165) is 11.3 Å². The van der Waals surface area contributed by atoms with E-state index in [-0.39, 0.29) is 12.6 Å². The highest BCUT2D eigenvalue weighted by Crippen LogP contribution is 2.30. The van der Waals surface area contributed by atoms with Crippen LogP contribution in [0.25, 0.3) is 0 Å². The number of piperazine rings is 1. The van der Waals surface area contributed by atoms with E-state index in [1.807, 2.05) is 42.3 Å². The average molecular weight is 425 g/mol. The average Bonchev–Trinajstić information content (AvgIpc) is 2.75. The Morgan fingerprint density at radius 1 is 1.20 bits per heavy atom. The number of hydrogen-bond donors (Lipinski definition) is 2. The molecule has 30 heavy (non-hydrogen) atoms. The summed E-state index contributed by atoms with van der Waals surface area (Å²) in [5.74, 6) is 0.543. The molecule has 9 heteroatoms. The molecule has 8 nitrogen and oxygen atoms in total. The van der Waals surface area contributed by atoms with E-state index in [1.54, 1.807) is 36.2 Å². The summed E-state index contributed by atoms with van der Waals surface area (Å²) in [6.45, 7) is 3.78. The smallest absolute Gasteiger partial charge is 0.254 e. The van der Waals surface area contributed by atoms with Gasteiger partial charge in [-0.05, 0) is 36.5 Å². The van der Waals surface area contributed by atoms with Crippen LogP contribution in [0.3, 0.4) is 0 Å². The second kappa shape index (κ2) is 9.57. The molecular formula is C21H24N6O2S. The number of anilines is 1. The van der Waals surface area contributed by atoms with Crippen LogP contribution in [0.4, 0.5) is 5.69 Å². The van der Waals surface area contributed by atoms with Gasteiger partial charge in [-0.15, -0.1) is 5.14 Å². The molecule has 1 heterocycles. The van der Waals surface area contributed by atoms with Crippen molar-refractivity contribution in [3.05, 3.63) is 72.1 Å². The first-order valence-electron chi connectivity index (χ1n) is 9.20. The fraction of sp³-hybridized carbons (Fsp3) is 0.190. The third-order valence-corrected chi connectivity index (χ3v) is 5.54. The zero-order valence-electron chi connectivity index (χ0n) is 16.9. The molecule has 0 saturated carbocycles. The van der Waals surface area contributed by atoms with Crippen LogP contribution in [-0.2, 0) is 16.2 Å². The van der Waals surface area contributed by atoms with E-state index in [1.165, 1.54) is 6.20 Å². The van der Waals surface area contributed by atoms with Gasteiger partial charge < -0.3 is 19.7 Å². The first-order valence-corrected chi connectivity index (χ1v) is 10.4. The number of carbonyl (C=O) groups excluding carboxylic acids is 1. The number of nitrogens with two attached hydrogens (primary N) is 1. The van der Waals surface area contributed by atoms with Crippen LogP contribution in [0.5, 0.6) is 0 Å². The van der Waals surface area contributed by atoms with Crippen LogP contribution in [0.1, 0.15) is 11.6 Å². The predicted octanol–water partition coefficient (Wildman–Crippen LogP) is 2.12. The summed E-state index contributed by atoms with van der Waals surface area (Å²) in [5.41, 5.74) is 2.26. The Kier molecular flexibility index (Phi) is 6.88. The van der Waals surface area contributed by atoms with E-state index >= 15 is 0 Å². The quantitative estimate of drug-likeness (QED) is 0.545. The number of amides is 1. The van der Waals surface area contributed by atoms with E-state index in [0.29, 0.717) is 16.4 Å². The lowest BCUT2D eigenvalue weighted by Gasteiger charge is -2.40. The van der Waals surface area contributed by atoms with Crippen molar-refractivity contribution in [2.24, 2.45) is 15.1 Å². The summed E-state index contributed by atoms with van der Waals surface area (Å²) >= 11 is -1.51. The van der Waals surface area contributed by atoms with Gasteiger partial charge in [-0.2, -0.15) is 0 Å². The molecule has 3 rings (SSSR count). The molecule has 1 saturated heterocycles. The van der Waals surface area contributed by atoms with Crippen LogP contribution in [0, 0.1) is 0 Å². The lowest BCUT2D eigenvalue weighted by Crippen LogP contribution is -2.51. The third-order valence-electron chi connectivity index (χ3n) is 4.80. The minimum Gasteiger partial charge on any atom is -0.593 e. The van der Waals surface area contributed by atoms with E-state index in [2.05, 4.69) is 22.0 Å². The van der Waals surface area contributed by atoms with Crippen LogP contribution in [0.2, 0.25) is 0 Å². The first-order chi connectivity index (χ1) is 14.4. The van der Waals surface area contributed by atoms with Crippen molar-refractivity contribution in [2.45, 2.75) is 10.9 Å². The lowest BCUT2D eigenvalue weighted by molar-refractivity contribution is -0.133. The summed E-state index contributed by atoms with van der Waals surface area (Å²) in [7, 11) is 3.54. The van der Waals surface area contributed by atoms with Crippen molar-refractivity contribution in [1.82, 2.24) is 9.80 Å². The van der Waals surface area contributed by atoms with Gasteiger partial charge in [0.05, 0.1) is 17.6 Å². The van der Waals surface area contributed by atoms with E-state index in [4.69, 9.17) is 5.14 Å². The molecule has 0 aliphatic carbocycles. The van der Waals surface area contributed by atoms with Crippen molar-refractivity contribution in [3.63, 3.8) is 0 Å². The molecule has 1 aliphatic rings. The second-order valence-electron chi connectivity index (χ2n) is 6.66. The molecule has 156 valence electrons. The van der Waals surface area contributed by atoms with Crippen molar-refractivity contribution in [1.29, 1.82) is 0 Å². The maximum Gasteiger partial charge on any atom is 0.254 e. The third kappa shape index (κ3) is 4.54. The van der Waals surface area contributed by atoms with Gasteiger partial charge in [0, 0.05) is 19.8 Å². The Bertz CT molecular complexity index is 959. The zero-order chi connectivity index (χ0) is 21.7. The van der Waals surface area contributed by atoms with Crippen LogP contribution in [0.15, 0.2) is 81.4 Å². The monoisotopic (exact) mass is 424 g/mol. The molecular weight excluding hydrogens is 400 g/mol. The van der Waals surface area contributed by atoms with Gasteiger partial charge in [0.1, 0.15) is 18.4 Å². The molecule has 0 spiro atoms. The molecule has 0 bridgehead atoms. The summed E-state index contributed by atoms with van der Waals surface area (Å²) in [5, 5.41) is 8.57. The Labute approximate surface area is 179 Å². The molecule has 2 aromatic rings. The van der Waals surface area contributed by atoms with Crippen molar-refractivity contribution in [3.8, 4) is 0 Å². The minimum atomic E-state index is -1.51. The molecule has 0 radical (unpaired) electrons. The molecule has 0 aromatic heterocycles. The number of benzene rings is 2. The first kappa shape index (κ1) is 21.6. The van der Waals surface area contributed by atoms with Crippen LogP contribution in [-0.4, -0.2) is 53.6 Å². The largest absolute Gasteiger partial charge is 0.593 e. The standard InChI is InChI=1S/C21H24N6O2S/c1-23-13-18-20(25-14-24-16-9-11-17(12-10-16)30(22)29)27(3)19(21(28)26(18)2)15-7-5-4-6-8-15/h4-13,19,24H,1,14,22H2,2-3H3/t19-,30?/m0/s1. The normalized spacial score (nSPS) is 20.5. The lowest BCUT2D eigenvalue weighted by atomic mass is 10.0. The molecule has 1 amide bonds. The summed E-state index contributed by atoms with van der Waals surface area (Å²) < 4.78 is 11.3. The summed E-state index contributed by atoms with van der Waals surface area (Å²) in [4.78, 5) is 25.5. The fourth-order valence-corrected chi connectivity index (χ4v) is 3.66. The number of nitrogens with one attached hydrogen (secondary N) is 1. The zero-order valence-corrected chi connectivity index (χ0v) is 17.7. The predicted molar refractivity (Wildman–Crippen MR) is 120 cm³/mol. The topological polar surface area (TPSA) is 109 Å². The number of carbonyl (C=O) groups is 1. The van der Waals surface area contributed by atoms with Crippen molar-refractivity contribution in [2.75, 3.05) is 26.1 Å². The number of hydrogen-bond acceptors (Lipinski definition) is 6. The maximum atomic E-state index is 13.0. The van der Waals surface area contributed by atoms with Gasteiger partial charge in [-0.25, -0.2) is 4.99 Å². The minimum absolute atomic E-state index is 0.0733. The van der Waals surface area contributed by atoms with E-state index < -0.39 is 17.4 Å². The highest BCUT2D eigenvalue weighted by atomic mass is 32.2. The van der Waals surface area contributed by atoms with Crippen molar-refractivity contribution < 1.29 is 9.35 Å². The van der Waals surface area contributed by atoms with Gasteiger partial charge >= 0.3 is 0 Å². The Morgan fingerprint density at radius 2 is 1.87 bits per heavy atom. The SMILES string of the molecule is C=NC=C1C(=NCNc2ccc([S+](N)[O-])cc2)N(C)[C@@H](c2ccccc2)C(=O)N1C. The molecule has 1 aliphatic heterocycles. The number of amidine groups is 1. The van der Waals surface area contributed by atoms with Gasteiger partial charge in [-0.1, -0.05) is 30.3 Å². The number of rotatable bonds is 6. The summed E-state index contributed by atoms with van der Waals surface area (Å²) in [6.07, 6.45) is 1.53. The second-order valence-corrected chi connectivity index (χ2v) is 7.72. The van der Waals surface area contributed by atoms with Crippen molar-refractivity contribution >= 4 is 35.5 Å². The van der Waals surface area contributed by atoms with Gasteiger partial charge in [0.2, 0.25) is 0 Å². The Morgan fingerprint density at radius 3 is 2.47 bits per heavy atom. The van der Waals surface area contributed by atoms with E-state index in [9.17, 15) is 9.35 Å². The Balaban J connectivity index is 1.85. The highest BCUT2D eigenvalue weighted by molar-refractivity contribution is 7.89. The molecule has 1 unspecified atom stereocenters. The van der Waals surface area contributed by atoms with Gasteiger partial charge in [0.25, 0.3) is 5.91 Å². The number of aliphatic imine (C=N–C) groups is 2. The van der Waals surface area contributed by atoms with Crippen LogP contribution >= 0.6 is 0 Å². The van der Waals surface area contributed by atoms with Gasteiger partial charge in [-0.3, -0.25) is 9.79 Å². The molecule has 2 aromatic carbocycles.